The summed E-state index contributed by atoms with van der Waals surface area (Å²) in [5, 5.41) is 4.38. The zero-order chi connectivity index (χ0) is 11.0. The van der Waals surface area contributed by atoms with E-state index in [1.54, 1.807) is 0 Å². The summed E-state index contributed by atoms with van der Waals surface area (Å²) >= 11 is 0. The fourth-order valence-electron chi connectivity index (χ4n) is 1.82. The van der Waals surface area contributed by atoms with Gasteiger partial charge in [0.05, 0.1) is 11.7 Å². The van der Waals surface area contributed by atoms with Crippen molar-refractivity contribution in [3.8, 4) is 0 Å². The van der Waals surface area contributed by atoms with Crippen LogP contribution in [0.1, 0.15) is 37.8 Å². The van der Waals surface area contributed by atoms with Gasteiger partial charge in [0.25, 0.3) is 0 Å². The molecule has 0 amide bonds. The van der Waals surface area contributed by atoms with Crippen molar-refractivity contribution in [2.75, 3.05) is 0 Å². The van der Waals surface area contributed by atoms with Gasteiger partial charge >= 0.3 is 0 Å². The molecule has 80 valence electrons. The molecule has 0 spiro atoms. The maximum atomic E-state index is 4.38. The molecule has 0 fully saturated rings. The third-order valence-electron chi connectivity index (χ3n) is 3.20. The second-order valence-electron chi connectivity index (χ2n) is 4.67. The van der Waals surface area contributed by atoms with Crippen LogP contribution in [0.25, 0.3) is 5.52 Å². The van der Waals surface area contributed by atoms with E-state index in [4.69, 9.17) is 0 Å². The Labute approximate surface area is 90.9 Å². The van der Waals surface area contributed by atoms with E-state index in [2.05, 4.69) is 44.9 Å². The summed E-state index contributed by atoms with van der Waals surface area (Å²) in [6, 6.07) is 4.30. The minimum Gasteiger partial charge on any atom is -0.241 e. The van der Waals surface area contributed by atoms with E-state index in [9.17, 15) is 0 Å². The van der Waals surface area contributed by atoms with Crippen LogP contribution in [-0.4, -0.2) is 9.61 Å². The van der Waals surface area contributed by atoms with Crippen LogP contribution >= 0.6 is 0 Å². The Hall–Kier alpha value is -1.31. The Kier molecular flexibility index (Phi) is 2.51. The largest absolute Gasteiger partial charge is 0.241 e. The molecule has 2 heterocycles. The number of pyridine rings is 1. The van der Waals surface area contributed by atoms with Crippen LogP contribution in [-0.2, 0) is 0 Å². The lowest BCUT2D eigenvalue weighted by Gasteiger charge is -2.14. The van der Waals surface area contributed by atoms with E-state index in [1.165, 1.54) is 16.6 Å². The Morgan fingerprint density at radius 2 is 2.00 bits per heavy atom. The van der Waals surface area contributed by atoms with Gasteiger partial charge in [0.1, 0.15) is 0 Å². The van der Waals surface area contributed by atoms with Gasteiger partial charge in [-0.25, -0.2) is 4.52 Å². The van der Waals surface area contributed by atoms with Crippen LogP contribution in [0, 0.1) is 12.8 Å². The number of aryl methyl sites for hydroxylation is 1. The normalized spacial score (nSPS) is 13.7. The summed E-state index contributed by atoms with van der Waals surface area (Å²) in [6.07, 6.45) is 4.03. The highest BCUT2D eigenvalue weighted by molar-refractivity contribution is 5.56. The average Bonchev–Trinajstić information content (AvgIpc) is 2.59. The van der Waals surface area contributed by atoms with E-state index >= 15 is 0 Å². The van der Waals surface area contributed by atoms with E-state index < -0.39 is 0 Å². The maximum absolute atomic E-state index is 4.38. The average molecular weight is 202 g/mol. The summed E-state index contributed by atoms with van der Waals surface area (Å²) in [5.74, 6) is 1.21. The van der Waals surface area contributed by atoms with Gasteiger partial charge in [0.15, 0.2) is 0 Å². The van der Waals surface area contributed by atoms with Gasteiger partial charge in [-0.15, -0.1) is 0 Å². The van der Waals surface area contributed by atoms with Crippen molar-refractivity contribution in [2.45, 2.75) is 33.6 Å². The minimum atomic E-state index is 0.560. The van der Waals surface area contributed by atoms with E-state index in [0.717, 1.165) is 0 Å². The molecular formula is C13H18N2. The molecule has 0 saturated heterocycles. The SMILES string of the molecule is Cc1ccn2ncc(C(C)C(C)C)c2c1. The molecule has 0 bridgehead atoms. The molecule has 2 aromatic heterocycles. The standard InChI is InChI=1S/C13H18N2/c1-9(2)11(4)12-8-14-15-6-5-10(3)7-13(12)15/h5-9,11H,1-4H3. The molecule has 2 nitrogen and oxygen atoms in total. The number of aromatic nitrogens is 2. The summed E-state index contributed by atoms with van der Waals surface area (Å²) in [7, 11) is 0. The highest BCUT2D eigenvalue weighted by atomic mass is 15.2. The van der Waals surface area contributed by atoms with Crippen LogP contribution in [0.2, 0.25) is 0 Å². The predicted molar refractivity (Wildman–Crippen MR) is 63.2 cm³/mol. The van der Waals surface area contributed by atoms with Crippen molar-refractivity contribution in [3.05, 3.63) is 35.7 Å². The number of hydrogen-bond donors (Lipinski definition) is 0. The molecule has 1 atom stereocenters. The third kappa shape index (κ3) is 1.76. The molecule has 2 rings (SSSR count). The Balaban J connectivity index is 2.56. The van der Waals surface area contributed by atoms with Crippen LogP contribution in [0.4, 0.5) is 0 Å². The minimum absolute atomic E-state index is 0.560. The maximum Gasteiger partial charge on any atom is 0.0699 e. The van der Waals surface area contributed by atoms with E-state index in [1.807, 2.05) is 16.9 Å². The van der Waals surface area contributed by atoms with Gasteiger partial charge in [-0.3, -0.25) is 0 Å². The summed E-state index contributed by atoms with van der Waals surface area (Å²) in [5.41, 5.74) is 3.89. The molecule has 0 aliphatic carbocycles. The van der Waals surface area contributed by atoms with Crippen LogP contribution in [0.5, 0.6) is 0 Å². The first kappa shape index (κ1) is 10.2. The Morgan fingerprint density at radius 3 is 2.67 bits per heavy atom. The van der Waals surface area contributed by atoms with Crippen LogP contribution < -0.4 is 0 Å². The lowest BCUT2D eigenvalue weighted by atomic mass is 9.91. The smallest absolute Gasteiger partial charge is 0.0699 e. The molecule has 0 radical (unpaired) electrons. The Morgan fingerprint density at radius 1 is 1.27 bits per heavy atom. The first-order valence-corrected chi connectivity index (χ1v) is 5.53. The Bertz CT molecular complexity index is 468. The van der Waals surface area contributed by atoms with Crippen molar-refractivity contribution < 1.29 is 0 Å². The van der Waals surface area contributed by atoms with Gasteiger partial charge in [0, 0.05) is 11.8 Å². The third-order valence-corrected chi connectivity index (χ3v) is 3.20. The second kappa shape index (κ2) is 3.69. The lowest BCUT2D eigenvalue weighted by Crippen LogP contribution is -2.01. The van der Waals surface area contributed by atoms with E-state index in [0.29, 0.717) is 11.8 Å². The molecule has 1 unspecified atom stereocenters. The van der Waals surface area contributed by atoms with Gasteiger partial charge in [-0.05, 0) is 36.5 Å². The molecule has 0 aliphatic heterocycles. The molecular weight excluding hydrogens is 184 g/mol. The number of rotatable bonds is 2. The molecule has 0 aliphatic rings. The van der Waals surface area contributed by atoms with Crippen molar-refractivity contribution >= 4 is 5.52 Å². The number of hydrogen-bond acceptors (Lipinski definition) is 1. The summed E-state index contributed by atoms with van der Waals surface area (Å²) in [4.78, 5) is 0. The molecule has 15 heavy (non-hydrogen) atoms. The van der Waals surface area contributed by atoms with Crippen molar-refractivity contribution in [3.63, 3.8) is 0 Å². The quantitative estimate of drug-likeness (QED) is 0.729. The van der Waals surface area contributed by atoms with E-state index in [-0.39, 0.29) is 0 Å². The molecule has 0 aromatic carbocycles. The molecule has 2 aromatic rings. The summed E-state index contributed by atoms with van der Waals surface area (Å²) < 4.78 is 1.96. The number of nitrogens with zero attached hydrogens (tertiary/aromatic N) is 2. The van der Waals surface area contributed by atoms with Gasteiger partial charge < -0.3 is 0 Å². The molecule has 0 N–H and O–H groups in total. The molecule has 0 saturated carbocycles. The monoisotopic (exact) mass is 202 g/mol. The zero-order valence-corrected chi connectivity index (χ0v) is 9.86. The van der Waals surface area contributed by atoms with Crippen molar-refractivity contribution in [1.29, 1.82) is 0 Å². The molecule has 2 heteroatoms. The van der Waals surface area contributed by atoms with Crippen molar-refractivity contribution in [1.82, 2.24) is 9.61 Å². The van der Waals surface area contributed by atoms with Crippen molar-refractivity contribution in [2.24, 2.45) is 5.92 Å². The predicted octanol–water partition coefficient (Wildman–Crippen LogP) is 3.40. The fourth-order valence-corrected chi connectivity index (χ4v) is 1.82. The lowest BCUT2D eigenvalue weighted by molar-refractivity contribution is 0.538. The number of fused-ring (bicyclic) bond motifs is 1. The highest BCUT2D eigenvalue weighted by Gasteiger charge is 2.14. The van der Waals surface area contributed by atoms with Gasteiger partial charge in [-0.1, -0.05) is 20.8 Å². The topological polar surface area (TPSA) is 17.3 Å². The fraction of sp³-hybridized carbons (Fsp3) is 0.462. The highest BCUT2D eigenvalue weighted by Crippen LogP contribution is 2.27. The first-order valence-electron chi connectivity index (χ1n) is 5.53. The zero-order valence-electron chi connectivity index (χ0n) is 9.86. The summed E-state index contributed by atoms with van der Waals surface area (Å²) in [6.45, 7) is 8.90. The second-order valence-corrected chi connectivity index (χ2v) is 4.67. The van der Waals surface area contributed by atoms with Crippen LogP contribution in [0.3, 0.4) is 0 Å². The van der Waals surface area contributed by atoms with Gasteiger partial charge in [-0.2, -0.15) is 5.10 Å². The van der Waals surface area contributed by atoms with Gasteiger partial charge in [0.2, 0.25) is 0 Å². The van der Waals surface area contributed by atoms with Crippen LogP contribution in [0.15, 0.2) is 24.5 Å². The first-order chi connectivity index (χ1) is 7.09.